The number of anilines is 1. The van der Waals surface area contributed by atoms with E-state index in [2.05, 4.69) is 5.32 Å². The van der Waals surface area contributed by atoms with E-state index in [0.29, 0.717) is 44.6 Å². The first kappa shape index (κ1) is 26.8. The van der Waals surface area contributed by atoms with E-state index in [4.69, 9.17) is 49.6 Å². The Morgan fingerprint density at radius 3 is 2.86 bits per heavy atom. The van der Waals surface area contributed by atoms with Crippen molar-refractivity contribution >= 4 is 75.1 Å². The van der Waals surface area contributed by atoms with Gasteiger partial charge < -0.3 is 19.5 Å². The zero-order valence-corrected chi connectivity index (χ0v) is 22.6. The van der Waals surface area contributed by atoms with Gasteiger partial charge in [-0.2, -0.15) is 0 Å². The quantitative estimate of drug-likeness (QED) is 0.304. The van der Waals surface area contributed by atoms with Gasteiger partial charge in [0.15, 0.2) is 18.1 Å². The minimum atomic E-state index is -0.402. The molecule has 2 aromatic carbocycles. The van der Waals surface area contributed by atoms with Crippen LogP contribution in [0.1, 0.15) is 25.3 Å². The van der Waals surface area contributed by atoms with Gasteiger partial charge in [0.25, 0.3) is 11.8 Å². The molecule has 0 radical (unpaired) electrons. The number of carbonyl (C=O) groups is 2. The lowest BCUT2D eigenvalue weighted by molar-refractivity contribution is -0.123. The molecule has 7 nitrogen and oxygen atoms in total. The summed E-state index contributed by atoms with van der Waals surface area (Å²) in [6.45, 7) is 3.18. The highest BCUT2D eigenvalue weighted by Gasteiger charge is 2.34. The smallest absolute Gasteiger partial charge is 0.266 e. The summed E-state index contributed by atoms with van der Waals surface area (Å²) in [5, 5.41) is 3.27. The van der Waals surface area contributed by atoms with Gasteiger partial charge in [0.05, 0.1) is 39.9 Å². The molecule has 2 fully saturated rings. The third-order valence-electron chi connectivity index (χ3n) is 5.43. The van der Waals surface area contributed by atoms with Crippen molar-refractivity contribution in [1.29, 1.82) is 0 Å². The largest absolute Gasteiger partial charge is 0.490 e. The summed E-state index contributed by atoms with van der Waals surface area (Å²) in [5.74, 6) is 0.317. The van der Waals surface area contributed by atoms with Gasteiger partial charge in [-0.05, 0) is 55.7 Å². The molecule has 0 unspecified atom stereocenters. The van der Waals surface area contributed by atoms with Crippen molar-refractivity contribution in [2.45, 2.75) is 25.9 Å². The summed E-state index contributed by atoms with van der Waals surface area (Å²) in [5.41, 5.74) is 1.15. The monoisotopic (exact) mass is 566 g/mol. The molecule has 2 aromatic rings. The van der Waals surface area contributed by atoms with Crippen LogP contribution in [0.2, 0.25) is 10.0 Å². The molecule has 2 amide bonds. The molecule has 0 bridgehead atoms. The first-order chi connectivity index (χ1) is 17.4. The highest BCUT2D eigenvalue weighted by Crippen LogP contribution is 2.36. The number of thiocarbonyl (C=S) groups is 1. The summed E-state index contributed by atoms with van der Waals surface area (Å²) in [4.78, 5) is 27.5. The highest BCUT2D eigenvalue weighted by molar-refractivity contribution is 8.26. The number of nitrogens with zero attached hydrogens (tertiary/aromatic N) is 1. The Labute approximate surface area is 229 Å². The third-order valence-corrected chi connectivity index (χ3v) is 7.63. The van der Waals surface area contributed by atoms with Crippen LogP contribution in [0, 0.1) is 0 Å². The Morgan fingerprint density at radius 2 is 2.11 bits per heavy atom. The molecule has 2 saturated heterocycles. The Hall–Kier alpha value is -2.30. The third kappa shape index (κ3) is 6.52. The Morgan fingerprint density at radius 1 is 1.28 bits per heavy atom. The van der Waals surface area contributed by atoms with Crippen LogP contribution in [0.15, 0.2) is 41.3 Å². The molecule has 1 N–H and O–H groups in total. The summed E-state index contributed by atoms with van der Waals surface area (Å²) in [7, 11) is 0. The molecule has 4 rings (SSSR count). The topological polar surface area (TPSA) is 77.1 Å². The number of hydrogen-bond acceptors (Lipinski definition) is 7. The zero-order valence-electron chi connectivity index (χ0n) is 19.4. The number of nitrogens with one attached hydrogen (secondary N) is 1. The lowest BCUT2D eigenvalue weighted by Gasteiger charge is -2.18. The second-order valence-corrected chi connectivity index (χ2v) is 10.5. The number of thioether (sulfide) groups is 1. The Bertz CT molecular complexity index is 1200. The van der Waals surface area contributed by atoms with Gasteiger partial charge in [0.1, 0.15) is 4.32 Å². The lowest BCUT2D eigenvalue weighted by atomic mass is 10.1. The molecule has 2 aliphatic heterocycles. The molecular weight excluding hydrogens is 543 g/mol. The fourth-order valence-corrected chi connectivity index (χ4v) is 5.36. The van der Waals surface area contributed by atoms with Gasteiger partial charge in [0, 0.05) is 6.61 Å². The molecule has 0 saturated carbocycles. The second kappa shape index (κ2) is 12.3. The molecule has 1 atom stereocenters. The van der Waals surface area contributed by atoms with Crippen LogP contribution in [0.4, 0.5) is 5.69 Å². The number of rotatable bonds is 9. The second-order valence-electron chi connectivity index (χ2n) is 8.00. The molecule has 2 heterocycles. The molecule has 0 aliphatic carbocycles. The Balaban J connectivity index is 1.42. The van der Waals surface area contributed by atoms with Gasteiger partial charge in [-0.15, -0.1) is 0 Å². The summed E-state index contributed by atoms with van der Waals surface area (Å²) in [6.07, 6.45) is 3.73. The van der Waals surface area contributed by atoms with Crippen LogP contribution in [-0.4, -0.2) is 53.5 Å². The van der Waals surface area contributed by atoms with E-state index in [1.54, 1.807) is 47.4 Å². The van der Waals surface area contributed by atoms with Gasteiger partial charge >= 0.3 is 0 Å². The van der Waals surface area contributed by atoms with Crippen molar-refractivity contribution in [2.24, 2.45) is 0 Å². The van der Waals surface area contributed by atoms with Gasteiger partial charge in [-0.1, -0.05) is 59.3 Å². The molecule has 11 heteroatoms. The molecule has 36 heavy (non-hydrogen) atoms. The zero-order chi connectivity index (χ0) is 25.7. The maximum Gasteiger partial charge on any atom is 0.266 e. The van der Waals surface area contributed by atoms with Crippen LogP contribution in [0.5, 0.6) is 11.5 Å². The number of ether oxygens (including phenoxy) is 3. The molecule has 2 aliphatic rings. The minimum Gasteiger partial charge on any atom is -0.490 e. The van der Waals surface area contributed by atoms with Crippen molar-refractivity contribution in [3.8, 4) is 11.5 Å². The van der Waals surface area contributed by atoms with E-state index in [9.17, 15) is 9.59 Å². The summed E-state index contributed by atoms with van der Waals surface area (Å²) >= 11 is 18.8. The number of hydrogen-bond donors (Lipinski definition) is 1. The highest BCUT2D eigenvalue weighted by atomic mass is 35.5. The van der Waals surface area contributed by atoms with Crippen LogP contribution in [0.3, 0.4) is 0 Å². The van der Waals surface area contributed by atoms with Crippen LogP contribution in [-0.2, 0) is 14.3 Å². The normalized spacial score (nSPS) is 18.7. The Kier molecular flexibility index (Phi) is 9.14. The summed E-state index contributed by atoms with van der Waals surface area (Å²) in [6, 6.07) is 10.2. The fourth-order valence-electron chi connectivity index (χ4n) is 3.73. The first-order valence-electron chi connectivity index (χ1n) is 11.4. The molecule has 190 valence electrons. The van der Waals surface area contributed by atoms with E-state index < -0.39 is 5.91 Å². The van der Waals surface area contributed by atoms with Crippen molar-refractivity contribution in [2.75, 3.05) is 31.7 Å². The predicted octanol–water partition coefficient (Wildman–Crippen LogP) is 5.79. The van der Waals surface area contributed by atoms with E-state index in [1.807, 2.05) is 6.92 Å². The van der Waals surface area contributed by atoms with Crippen molar-refractivity contribution in [3.05, 3.63) is 56.9 Å². The average Bonchev–Trinajstić information content (AvgIpc) is 3.46. The average molecular weight is 568 g/mol. The minimum absolute atomic E-state index is 0.0277. The number of carbonyl (C=O) groups excluding carboxylic acids is 2. The number of amides is 2. The van der Waals surface area contributed by atoms with Crippen LogP contribution in [0.25, 0.3) is 6.08 Å². The predicted molar refractivity (Wildman–Crippen MR) is 147 cm³/mol. The number of halogens is 2. The molecular formula is C25H24Cl2N2O5S2. The fraction of sp³-hybridized carbons (Fsp3) is 0.320. The van der Waals surface area contributed by atoms with E-state index >= 15 is 0 Å². The maximum absolute atomic E-state index is 12.9. The SMILES string of the molecule is CCOc1cc(/C=C2\SC(=S)N(C[C@@H]3CCCO3)C2=O)ccc1OCC(=O)Nc1cccc(Cl)c1Cl. The van der Waals surface area contributed by atoms with Gasteiger partial charge in [-0.3, -0.25) is 14.5 Å². The van der Waals surface area contributed by atoms with Crippen LogP contribution < -0.4 is 14.8 Å². The number of benzene rings is 2. The maximum atomic E-state index is 12.9. The van der Waals surface area contributed by atoms with E-state index in [0.717, 1.165) is 25.0 Å². The molecule has 0 aromatic heterocycles. The molecule has 0 spiro atoms. The van der Waals surface area contributed by atoms with E-state index in [1.165, 1.54) is 11.8 Å². The van der Waals surface area contributed by atoms with Crippen molar-refractivity contribution in [3.63, 3.8) is 0 Å². The van der Waals surface area contributed by atoms with E-state index in [-0.39, 0.29) is 23.6 Å². The first-order valence-corrected chi connectivity index (χ1v) is 13.3. The van der Waals surface area contributed by atoms with Gasteiger partial charge in [0.2, 0.25) is 0 Å². The van der Waals surface area contributed by atoms with Gasteiger partial charge in [-0.25, -0.2) is 0 Å². The van der Waals surface area contributed by atoms with Crippen molar-refractivity contribution < 1.29 is 23.8 Å². The standard InChI is InChI=1S/C25H24Cl2N2O5S2/c1-2-32-20-11-15(12-21-24(31)29(25(35)36-21)13-16-5-4-10-33-16)8-9-19(20)34-14-22(30)28-18-7-3-6-17(26)23(18)27/h3,6-9,11-12,16H,2,4-5,10,13-14H2,1H3,(H,28,30)/b21-12-/t16-/m0/s1. The lowest BCUT2D eigenvalue weighted by Crippen LogP contribution is -2.35. The van der Waals surface area contributed by atoms with Crippen molar-refractivity contribution in [1.82, 2.24) is 4.90 Å². The summed E-state index contributed by atoms with van der Waals surface area (Å²) < 4.78 is 17.6. The van der Waals surface area contributed by atoms with Crippen LogP contribution >= 0.6 is 47.2 Å².